The van der Waals surface area contributed by atoms with Gasteiger partial charge >= 0.3 is 0 Å². The molecule has 1 saturated carbocycles. The molecule has 1 aromatic rings. The van der Waals surface area contributed by atoms with E-state index >= 15 is 0 Å². The quantitative estimate of drug-likeness (QED) is 0.832. The second-order valence-corrected chi connectivity index (χ2v) is 7.79. The Labute approximate surface area is 150 Å². The highest BCUT2D eigenvalue weighted by molar-refractivity contribution is 5.89. The molecule has 0 saturated heterocycles. The number of carbonyl (C=O) groups excluding carboxylic acids is 2. The first-order valence-corrected chi connectivity index (χ1v) is 9.07. The van der Waals surface area contributed by atoms with Gasteiger partial charge in [0.15, 0.2) is 0 Å². The zero-order chi connectivity index (χ0) is 18.4. The molecule has 138 valence electrons. The van der Waals surface area contributed by atoms with Gasteiger partial charge in [0.1, 0.15) is 11.8 Å². The number of likely N-dealkylation sites (N-methyl/N-ethyl adjacent to an activating group) is 1. The molecule has 1 fully saturated rings. The third kappa shape index (κ3) is 5.48. The predicted octanol–water partition coefficient (Wildman–Crippen LogP) is 2.83. The van der Waals surface area contributed by atoms with Crippen molar-refractivity contribution in [2.45, 2.75) is 65.0 Å². The Balaban J connectivity index is 2.05. The van der Waals surface area contributed by atoms with Gasteiger partial charge < -0.3 is 15.4 Å². The Morgan fingerprint density at radius 1 is 1.20 bits per heavy atom. The van der Waals surface area contributed by atoms with E-state index in [4.69, 9.17) is 4.74 Å². The maximum absolute atomic E-state index is 12.5. The second-order valence-electron chi connectivity index (χ2n) is 7.79. The van der Waals surface area contributed by atoms with Crippen LogP contribution in [0.15, 0.2) is 24.3 Å². The molecule has 0 aromatic heterocycles. The van der Waals surface area contributed by atoms with Crippen LogP contribution in [-0.2, 0) is 16.0 Å². The highest BCUT2D eigenvalue weighted by Gasteiger charge is 2.32. The van der Waals surface area contributed by atoms with Gasteiger partial charge in [-0.05, 0) is 37.2 Å². The first-order chi connectivity index (χ1) is 11.8. The van der Waals surface area contributed by atoms with E-state index in [0.717, 1.165) is 24.2 Å². The summed E-state index contributed by atoms with van der Waals surface area (Å²) in [4.78, 5) is 24.6. The number of hydrogen-bond acceptors (Lipinski definition) is 3. The summed E-state index contributed by atoms with van der Waals surface area (Å²) in [6.45, 7) is 5.80. The molecule has 0 spiro atoms. The molecule has 0 aliphatic heterocycles. The van der Waals surface area contributed by atoms with E-state index in [1.807, 2.05) is 45.0 Å². The monoisotopic (exact) mass is 346 g/mol. The van der Waals surface area contributed by atoms with Gasteiger partial charge in [-0.1, -0.05) is 39.0 Å². The first kappa shape index (κ1) is 19.3. The Morgan fingerprint density at radius 2 is 1.84 bits per heavy atom. The van der Waals surface area contributed by atoms with Gasteiger partial charge in [-0.15, -0.1) is 0 Å². The Hall–Kier alpha value is -2.04. The summed E-state index contributed by atoms with van der Waals surface area (Å²) >= 11 is 0. The van der Waals surface area contributed by atoms with Crippen molar-refractivity contribution in [3.8, 4) is 5.75 Å². The molecule has 25 heavy (non-hydrogen) atoms. The molecule has 1 aliphatic rings. The number of amides is 2. The van der Waals surface area contributed by atoms with Gasteiger partial charge in [-0.2, -0.15) is 0 Å². The zero-order valence-corrected chi connectivity index (χ0v) is 15.7. The Morgan fingerprint density at radius 3 is 2.44 bits per heavy atom. The maximum atomic E-state index is 12.5. The molecule has 2 N–H and O–H groups in total. The Kier molecular flexibility index (Phi) is 6.45. The molecule has 0 heterocycles. The van der Waals surface area contributed by atoms with E-state index in [-0.39, 0.29) is 29.8 Å². The van der Waals surface area contributed by atoms with Crippen molar-refractivity contribution in [1.82, 2.24) is 10.6 Å². The van der Waals surface area contributed by atoms with Crippen molar-refractivity contribution in [2.75, 3.05) is 7.05 Å². The van der Waals surface area contributed by atoms with Crippen molar-refractivity contribution in [1.29, 1.82) is 0 Å². The van der Waals surface area contributed by atoms with Crippen molar-refractivity contribution in [2.24, 2.45) is 5.41 Å². The van der Waals surface area contributed by atoms with E-state index in [0.29, 0.717) is 0 Å². The van der Waals surface area contributed by atoms with Crippen molar-refractivity contribution in [3.63, 3.8) is 0 Å². The average Bonchev–Trinajstić information content (AvgIpc) is 3.06. The summed E-state index contributed by atoms with van der Waals surface area (Å²) < 4.78 is 6.09. The molecule has 0 unspecified atom stereocenters. The smallest absolute Gasteiger partial charge is 0.242 e. The molecular weight excluding hydrogens is 316 g/mol. The summed E-state index contributed by atoms with van der Waals surface area (Å²) in [7, 11) is 1.58. The number of nitrogens with one attached hydrogen (secondary N) is 2. The lowest BCUT2D eigenvalue weighted by Gasteiger charge is -2.30. The van der Waals surface area contributed by atoms with Gasteiger partial charge in [-0.25, -0.2) is 0 Å². The van der Waals surface area contributed by atoms with Crippen LogP contribution < -0.4 is 15.4 Å². The largest absolute Gasteiger partial charge is 0.490 e. The van der Waals surface area contributed by atoms with Crippen LogP contribution in [0.25, 0.3) is 0 Å². The first-order valence-electron chi connectivity index (χ1n) is 9.07. The van der Waals surface area contributed by atoms with Crippen LogP contribution in [0.3, 0.4) is 0 Å². The molecule has 0 radical (unpaired) electrons. The fourth-order valence-electron chi connectivity index (χ4n) is 3.16. The average molecular weight is 346 g/mol. The van der Waals surface area contributed by atoms with E-state index in [9.17, 15) is 9.59 Å². The lowest BCUT2D eigenvalue weighted by molar-refractivity contribution is -0.131. The number of rotatable bonds is 6. The van der Waals surface area contributed by atoms with Crippen molar-refractivity contribution >= 4 is 11.8 Å². The minimum absolute atomic E-state index is 0.175. The van der Waals surface area contributed by atoms with E-state index in [2.05, 4.69) is 10.6 Å². The highest BCUT2D eigenvalue weighted by Crippen LogP contribution is 2.27. The zero-order valence-electron chi connectivity index (χ0n) is 15.7. The number of ether oxygens (including phenoxy) is 1. The van der Waals surface area contributed by atoms with Crippen LogP contribution in [0, 0.1) is 5.41 Å². The van der Waals surface area contributed by atoms with Crippen molar-refractivity contribution < 1.29 is 14.3 Å². The third-order valence-electron chi connectivity index (χ3n) is 4.60. The maximum Gasteiger partial charge on any atom is 0.242 e. The van der Waals surface area contributed by atoms with Crippen LogP contribution >= 0.6 is 0 Å². The molecule has 5 nitrogen and oxygen atoms in total. The molecule has 1 aromatic carbocycles. The van der Waals surface area contributed by atoms with Gasteiger partial charge in [0.05, 0.1) is 12.5 Å². The lowest BCUT2D eigenvalue weighted by Crippen LogP contribution is -2.53. The number of para-hydroxylation sites is 1. The van der Waals surface area contributed by atoms with Crippen LogP contribution in [0.2, 0.25) is 0 Å². The number of benzene rings is 1. The number of carbonyl (C=O) groups is 2. The van der Waals surface area contributed by atoms with Crippen LogP contribution in [-0.4, -0.2) is 31.0 Å². The minimum atomic E-state index is -0.576. The van der Waals surface area contributed by atoms with E-state index in [1.165, 1.54) is 12.8 Å². The fraction of sp³-hybridized carbons (Fsp3) is 0.600. The van der Waals surface area contributed by atoms with Crippen LogP contribution in [0.1, 0.15) is 52.0 Å². The summed E-state index contributed by atoms with van der Waals surface area (Å²) in [6, 6.07) is 7.09. The normalized spacial score (nSPS) is 16.3. The van der Waals surface area contributed by atoms with Gasteiger partial charge in [0.2, 0.25) is 11.8 Å². The summed E-state index contributed by atoms with van der Waals surface area (Å²) in [6.07, 6.45) is 5.00. The summed E-state index contributed by atoms with van der Waals surface area (Å²) in [5.41, 5.74) is 0.492. The fourth-order valence-corrected chi connectivity index (χ4v) is 3.16. The lowest BCUT2D eigenvalue weighted by atomic mass is 9.86. The highest BCUT2D eigenvalue weighted by atomic mass is 16.5. The Bertz CT molecular complexity index is 601. The SMILES string of the molecule is CNC(=O)[C@H](NC(=O)Cc1ccccc1OC1CCCC1)C(C)(C)C. The molecule has 2 amide bonds. The standard InChI is InChI=1S/C20H30N2O3/c1-20(2,3)18(19(24)21-4)22-17(23)13-14-9-5-8-12-16(14)25-15-10-6-7-11-15/h5,8-9,12,15,18H,6-7,10-11,13H2,1-4H3,(H,21,24)(H,22,23)/t18-/m0/s1. The topological polar surface area (TPSA) is 67.4 Å². The summed E-state index contributed by atoms with van der Waals surface area (Å²) in [5, 5.41) is 5.49. The molecular formula is C20H30N2O3. The molecule has 5 heteroatoms. The summed E-state index contributed by atoms with van der Waals surface area (Å²) in [5.74, 6) is 0.416. The predicted molar refractivity (Wildman–Crippen MR) is 98.5 cm³/mol. The number of hydrogen-bond donors (Lipinski definition) is 2. The van der Waals surface area contributed by atoms with Crippen molar-refractivity contribution in [3.05, 3.63) is 29.8 Å². The molecule has 0 bridgehead atoms. The van der Waals surface area contributed by atoms with Gasteiger partial charge in [0.25, 0.3) is 0 Å². The van der Waals surface area contributed by atoms with Gasteiger partial charge in [0, 0.05) is 12.6 Å². The molecule has 1 atom stereocenters. The van der Waals surface area contributed by atoms with Gasteiger partial charge in [-0.3, -0.25) is 9.59 Å². The molecule has 1 aliphatic carbocycles. The van der Waals surface area contributed by atoms with E-state index < -0.39 is 6.04 Å². The second kappa shape index (κ2) is 8.37. The minimum Gasteiger partial charge on any atom is -0.490 e. The van der Waals surface area contributed by atoms with E-state index in [1.54, 1.807) is 7.05 Å². The van der Waals surface area contributed by atoms with Crippen LogP contribution in [0.4, 0.5) is 0 Å². The third-order valence-corrected chi connectivity index (χ3v) is 4.60. The van der Waals surface area contributed by atoms with Crippen LogP contribution in [0.5, 0.6) is 5.75 Å². The molecule has 2 rings (SSSR count).